The van der Waals surface area contributed by atoms with E-state index in [1.807, 2.05) is 6.07 Å². The van der Waals surface area contributed by atoms with Crippen LogP contribution >= 0.6 is 0 Å². The molecular weight excluding hydrogens is 228 g/mol. The van der Waals surface area contributed by atoms with E-state index >= 15 is 0 Å². The van der Waals surface area contributed by atoms with Gasteiger partial charge >= 0.3 is 0 Å². The Kier molecular flexibility index (Phi) is 4.13. The van der Waals surface area contributed by atoms with Crippen molar-refractivity contribution in [3.63, 3.8) is 0 Å². The molecule has 100 valence electrons. The van der Waals surface area contributed by atoms with E-state index in [1.54, 1.807) is 12.4 Å². The summed E-state index contributed by atoms with van der Waals surface area (Å²) >= 11 is 0. The van der Waals surface area contributed by atoms with Gasteiger partial charge in [-0.15, -0.1) is 0 Å². The van der Waals surface area contributed by atoms with Gasteiger partial charge in [0.1, 0.15) is 0 Å². The van der Waals surface area contributed by atoms with Crippen LogP contribution in [-0.4, -0.2) is 54.6 Å². The molecule has 18 heavy (non-hydrogen) atoms. The Morgan fingerprint density at radius 3 is 2.89 bits per heavy atom. The third-order valence-corrected chi connectivity index (χ3v) is 3.69. The maximum atomic E-state index is 6.02. The second-order valence-electron chi connectivity index (χ2n) is 4.96. The number of hydrogen-bond donors (Lipinski definition) is 3. The van der Waals surface area contributed by atoms with Crippen molar-refractivity contribution in [3.05, 3.63) is 24.0 Å². The van der Waals surface area contributed by atoms with Crippen molar-refractivity contribution in [1.82, 2.24) is 20.2 Å². The minimum Gasteiger partial charge on any atom is -0.398 e. The summed E-state index contributed by atoms with van der Waals surface area (Å²) in [4.78, 5) is 8.77. The number of nitrogen functional groups attached to an aromatic ring is 1. The zero-order valence-electron chi connectivity index (χ0n) is 11.0. The normalized spacial score (nSPS) is 24.1. The Balaban J connectivity index is 2.25. The average molecular weight is 250 g/mol. The van der Waals surface area contributed by atoms with Crippen molar-refractivity contribution in [2.24, 2.45) is 5.84 Å². The second kappa shape index (κ2) is 5.62. The number of rotatable bonds is 3. The standard InChI is InChI=1S/C12H22N6/c1-17-5-6-18(2)11(8-17)12(16-14)9-7-15-4-3-10(9)13/h3-4,7,11-12,16H,5-6,8,14H2,1-2H3,(H2,13,15). The van der Waals surface area contributed by atoms with Gasteiger partial charge in [-0.2, -0.15) is 0 Å². The van der Waals surface area contributed by atoms with Crippen LogP contribution in [0.15, 0.2) is 18.5 Å². The summed E-state index contributed by atoms with van der Waals surface area (Å²) in [5.74, 6) is 5.73. The lowest BCUT2D eigenvalue weighted by Gasteiger charge is -2.41. The van der Waals surface area contributed by atoms with Crippen LogP contribution in [0.1, 0.15) is 11.6 Å². The van der Waals surface area contributed by atoms with Gasteiger partial charge in [0, 0.05) is 49.3 Å². The molecule has 0 amide bonds. The van der Waals surface area contributed by atoms with Crippen LogP contribution in [0.3, 0.4) is 0 Å². The molecular formula is C12H22N6. The van der Waals surface area contributed by atoms with Crippen LogP contribution in [0.5, 0.6) is 0 Å². The molecule has 1 aromatic heterocycles. The first-order valence-corrected chi connectivity index (χ1v) is 6.17. The lowest BCUT2D eigenvalue weighted by atomic mass is 9.97. The summed E-state index contributed by atoms with van der Waals surface area (Å²) in [6, 6.07) is 2.10. The van der Waals surface area contributed by atoms with E-state index in [0.717, 1.165) is 30.9 Å². The van der Waals surface area contributed by atoms with Gasteiger partial charge in [0.15, 0.2) is 0 Å². The topological polar surface area (TPSA) is 83.4 Å². The zero-order valence-corrected chi connectivity index (χ0v) is 11.0. The molecule has 6 nitrogen and oxygen atoms in total. The van der Waals surface area contributed by atoms with Gasteiger partial charge in [-0.05, 0) is 20.2 Å². The smallest absolute Gasteiger partial charge is 0.0663 e. The maximum absolute atomic E-state index is 6.02. The number of nitrogens with zero attached hydrogens (tertiary/aromatic N) is 3. The highest BCUT2D eigenvalue weighted by Gasteiger charge is 2.31. The van der Waals surface area contributed by atoms with Crippen molar-refractivity contribution in [3.8, 4) is 0 Å². The van der Waals surface area contributed by atoms with Crippen molar-refractivity contribution >= 4 is 5.69 Å². The molecule has 6 heteroatoms. The van der Waals surface area contributed by atoms with Gasteiger partial charge in [-0.1, -0.05) is 0 Å². The molecule has 1 aliphatic heterocycles. The van der Waals surface area contributed by atoms with Gasteiger partial charge < -0.3 is 10.6 Å². The highest BCUT2D eigenvalue weighted by molar-refractivity contribution is 5.46. The minimum atomic E-state index is -0.00792. The number of nitrogens with one attached hydrogen (secondary N) is 1. The summed E-state index contributed by atoms with van der Waals surface area (Å²) in [7, 11) is 4.24. The molecule has 0 aromatic carbocycles. The Labute approximate surface area is 108 Å². The summed E-state index contributed by atoms with van der Waals surface area (Å²) in [6.07, 6.45) is 3.49. The first-order chi connectivity index (χ1) is 8.63. The summed E-state index contributed by atoms with van der Waals surface area (Å²) in [6.45, 7) is 3.06. The number of anilines is 1. The summed E-state index contributed by atoms with van der Waals surface area (Å²) < 4.78 is 0. The molecule has 2 rings (SSSR count). The number of likely N-dealkylation sites (N-methyl/N-ethyl adjacent to an activating group) is 2. The molecule has 0 spiro atoms. The van der Waals surface area contributed by atoms with E-state index in [9.17, 15) is 0 Å². The largest absolute Gasteiger partial charge is 0.398 e. The Morgan fingerprint density at radius 2 is 2.22 bits per heavy atom. The predicted molar refractivity (Wildman–Crippen MR) is 72.6 cm³/mol. The Morgan fingerprint density at radius 1 is 1.44 bits per heavy atom. The average Bonchev–Trinajstić information content (AvgIpc) is 2.36. The second-order valence-corrected chi connectivity index (χ2v) is 4.96. The third kappa shape index (κ3) is 2.62. The monoisotopic (exact) mass is 250 g/mol. The quantitative estimate of drug-likeness (QED) is 0.491. The fourth-order valence-corrected chi connectivity index (χ4v) is 2.49. The van der Waals surface area contributed by atoms with E-state index in [4.69, 9.17) is 11.6 Å². The fourth-order valence-electron chi connectivity index (χ4n) is 2.49. The lowest BCUT2D eigenvalue weighted by molar-refractivity contribution is 0.0877. The highest BCUT2D eigenvalue weighted by Crippen LogP contribution is 2.25. The fraction of sp³-hybridized carbons (Fsp3) is 0.583. The molecule has 0 radical (unpaired) electrons. The third-order valence-electron chi connectivity index (χ3n) is 3.69. The van der Waals surface area contributed by atoms with E-state index in [-0.39, 0.29) is 6.04 Å². The van der Waals surface area contributed by atoms with Crippen molar-refractivity contribution in [1.29, 1.82) is 0 Å². The first-order valence-electron chi connectivity index (χ1n) is 6.17. The predicted octanol–water partition coefficient (Wildman–Crippen LogP) is -0.586. The van der Waals surface area contributed by atoms with E-state index in [0.29, 0.717) is 6.04 Å². The van der Waals surface area contributed by atoms with Crippen LogP contribution in [0.4, 0.5) is 5.69 Å². The molecule has 1 saturated heterocycles. The molecule has 2 unspecified atom stereocenters. The van der Waals surface area contributed by atoms with Gasteiger partial charge in [-0.3, -0.25) is 21.2 Å². The highest BCUT2D eigenvalue weighted by atomic mass is 15.3. The van der Waals surface area contributed by atoms with Crippen molar-refractivity contribution in [2.75, 3.05) is 39.5 Å². The summed E-state index contributed by atoms with van der Waals surface area (Å²) in [5.41, 5.74) is 10.6. The first kappa shape index (κ1) is 13.2. The molecule has 0 aliphatic carbocycles. The van der Waals surface area contributed by atoms with E-state index in [2.05, 4.69) is 34.3 Å². The number of pyridine rings is 1. The number of aromatic nitrogens is 1. The van der Waals surface area contributed by atoms with Gasteiger partial charge in [0.2, 0.25) is 0 Å². The van der Waals surface area contributed by atoms with Gasteiger partial charge in [0.25, 0.3) is 0 Å². The van der Waals surface area contributed by atoms with Crippen LogP contribution in [0, 0.1) is 0 Å². The minimum absolute atomic E-state index is 0.00792. The molecule has 0 bridgehead atoms. The van der Waals surface area contributed by atoms with Crippen molar-refractivity contribution in [2.45, 2.75) is 12.1 Å². The number of hydrazine groups is 1. The van der Waals surface area contributed by atoms with Crippen molar-refractivity contribution < 1.29 is 0 Å². The zero-order chi connectivity index (χ0) is 13.1. The molecule has 2 heterocycles. The van der Waals surface area contributed by atoms with E-state index < -0.39 is 0 Å². The number of nitrogens with two attached hydrogens (primary N) is 2. The molecule has 1 aliphatic rings. The Hall–Kier alpha value is -1.21. The maximum Gasteiger partial charge on any atom is 0.0663 e. The molecule has 5 N–H and O–H groups in total. The SMILES string of the molecule is CN1CCN(C)C(C(NN)c2cnccc2N)C1. The van der Waals surface area contributed by atoms with Crippen LogP contribution < -0.4 is 17.0 Å². The van der Waals surface area contributed by atoms with Crippen LogP contribution in [0.25, 0.3) is 0 Å². The van der Waals surface area contributed by atoms with Gasteiger partial charge in [0.05, 0.1) is 6.04 Å². The molecule has 1 aromatic rings. The molecule has 2 atom stereocenters. The Bertz CT molecular complexity index is 396. The van der Waals surface area contributed by atoms with E-state index in [1.165, 1.54) is 0 Å². The lowest BCUT2D eigenvalue weighted by Crippen LogP contribution is -2.56. The summed E-state index contributed by atoms with van der Waals surface area (Å²) in [5, 5.41) is 0. The van der Waals surface area contributed by atoms with Crippen LogP contribution in [0.2, 0.25) is 0 Å². The number of piperazine rings is 1. The van der Waals surface area contributed by atoms with Crippen LogP contribution in [-0.2, 0) is 0 Å². The van der Waals surface area contributed by atoms with Gasteiger partial charge in [-0.25, -0.2) is 0 Å². The number of hydrogen-bond acceptors (Lipinski definition) is 6. The molecule has 1 fully saturated rings. The molecule has 0 saturated carbocycles.